The van der Waals surface area contributed by atoms with Crippen molar-refractivity contribution in [1.29, 1.82) is 0 Å². The normalized spacial score (nSPS) is 12.0. The van der Waals surface area contributed by atoms with Crippen molar-refractivity contribution in [2.24, 2.45) is 0 Å². The minimum absolute atomic E-state index is 0.0907. The molecule has 0 saturated carbocycles. The maximum Gasteiger partial charge on any atom is 0.339 e. The molecule has 0 aliphatic rings. The van der Waals surface area contributed by atoms with Gasteiger partial charge in [0.1, 0.15) is 11.3 Å². The van der Waals surface area contributed by atoms with Crippen LogP contribution in [0.25, 0.3) is 11.0 Å². The van der Waals surface area contributed by atoms with E-state index in [0.29, 0.717) is 23.3 Å². The van der Waals surface area contributed by atoms with Gasteiger partial charge in [-0.05, 0) is 62.9 Å². The van der Waals surface area contributed by atoms with E-state index in [0.717, 1.165) is 27.6 Å². The van der Waals surface area contributed by atoms with Gasteiger partial charge in [-0.25, -0.2) is 4.79 Å². The Kier molecular flexibility index (Phi) is 6.06. The second-order valence-corrected chi connectivity index (χ2v) is 7.50. The molecule has 3 aromatic rings. The van der Waals surface area contributed by atoms with Crippen molar-refractivity contribution in [3.8, 4) is 5.75 Å². The van der Waals surface area contributed by atoms with Crippen LogP contribution >= 0.6 is 0 Å². The molecule has 1 N–H and O–H groups in total. The molecule has 0 bridgehead atoms. The first-order chi connectivity index (χ1) is 13.8. The highest BCUT2D eigenvalue weighted by molar-refractivity contribution is 5.83. The van der Waals surface area contributed by atoms with Gasteiger partial charge < -0.3 is 14.5 Å². The molecule has 1 aromatic heterocycles. The average molecular weight is 393 g/mol. The molecule has 0 radical (unpaired) electrons. The molecule has 1 atom stereocenters. The van der Waals surface area contributed by atoms with Crippen molar-refractivity contribution in [3.05, 3.63) is 74.6 Å². The van der Waals surface area contributed by atoms with Crippen LogP contribution in [0.1, 0.15) is 47.2 Å². The Bertz CT molecular complexity index is 1110. The second-order valence-electron chi connectivity index (χ2n) is 7.50. The third kappa shape index (κ3) is 4.50. The quantitative estimate of drug-likeness (QED) is 0.625. The largest absolute Gasteiger partial charge is 0.497 e. The molecule has 0 saturated heterocycles. The molecule has 152 valence electrons. The Morgan fingerprint density at radius 2 is 1.90 bits per heavy atom. The SMILES string of the molecule is COc1ccc2c(C)c(CCC(=O)N[C@H](C)c3cc(C)ccc3C)c(=O)oc2c1. The molecule has 0 spiro atoms. The number of rotatable bonds is 6. The minimum atomic E-state index is -0.404. The number of benzene rings is 2. The van der Waals surface area contributed by atoms with Gasteiger partial charge in [-0.1, -0.05) is 23.8 Å². The lowest BCUT2D eigenvalue weighted by Crippen LogP contribution is -2.28. The summed E-state index contributed by atoms with van der Waals surface area (Å²) < 4.78 is 10.6. The summed E-state index contributed by atoms with van der Waals surface area (Å²) in [6, 6.07) is 11.5. The van der Waals surface area contributed by atoms with Crippen LogP contribution in [0.4, 0.5) is 0 Å². The fraction of sp³-hybridized carbons (Fsp3) is 0.333. The zero-order valence-electron chi connectivity index (χ0n) is 17.6. The number of carbonyl (C=O) groups excluding carboxylic acids is 1. The molecule has 5 nitrogen and oxygen atoms in total. The Hall–Kier alpha value is -3.08. The van der Waals surface area contributed by atoms with Gasteiger partial charge in [0.15, 0.2) is 0 Å². The van der Waals surface area contributed by atoms with Crippen LogP contribution in [0.5, 0.6) is 5.75 Å². The van der Waals surface area contributed by atoms with Gasteiger partial charge in [0.25, 0.3) is 0 Å². The Labute approximate surface area is 170 Å². The molecule has 1 amide bonds. The smallest absolute Gasteiger partial charge is 0.339 e. The molecule has 2 aromatic carbocycles. The van der Waals surface area contributed by atoms with E-state index in [1.165, 1.54) is 0 Å². The molecular formula is C24H27NO4. The summed E-state index contributed by atoms with van der Waals surface area (Å²) in [5.41, 5.74) is 4.87. The van der Waals surface area contributed by atoms with E-state index >= 15 is 0 Å². The molecule has 1 heterocycles. The molecule has 3 rings (SSSR count). The average Bonchev–Trinajstić information content (AvgIpc) is 2.69. The van der Waals surface area contributed by atoms with Gasteiger partial charge in [-0.15, -0.1) is 0 Å². The first-order valence-electron chi connectivity index (χ1n) is 9.77. The number of hydrogen-bond donors (Lipinski definition) is 1. The predicted octanol–water partition coefficient (Wildman–Crippen LogP) is 4.54. The van der Waals surface area contributed by atoms with E-state index < -0.39 is 5.63 Å². The number of ether oxygens (including phenoxy) is 1. The second kappa shape index (κ2) is 8.52. The Morgan fingerprint density at radius 1 is 1.14 bits per heavy atom. The van der Waals surface area contributed by atoms with E-state index in [1.807, 2.05) is 39.8 Å². The molecule has 0 aliphatic heterocycles. The lowest BCUT2D eigenvalue weighted by atomic mass is 9.99. The highest BCUT2D eigenvalue weighted by atomic mass is 16.5. The van der Waals surface area contributed by atoms with Crippen molar-refractivity contribution in [2.75, 3.05) is 7.11 Å². The maximum absolute atomic E-state index is 12.5. The van der Waals surface area contributed by atoms with Crippen LogP contribution in [0.3, 0.4) is 0 Å². The fourth-order valence-corrected chi connectivity index (χ4v) is 3.65. The topological polar surface area (TPSA) is 68.5 Å². The molecule has 0 unspecified atom stereocenters. The van der Waals surface area contributed by atoms with Crippen LogP contribution in [0, 0.1) is 20.8 Å². The van der Waals surface area contributed by atoms with E-state index in [2.05, 4.69) is 23.5 Å². The van der Waals surface area contributed by atoms with Gasteiger partial charge in [-0.2, -0.15) is 0 Å². The summed E-state index contributed by atoms with van der Waals surface area (Å²) in [7, 11) is 1.57. The maximum atomic E-state index is 12.5. The van der Waals surface area contributed by atoms with Crippen LogP contribution < -0.4 is 15.7 Å². The number of carbonyl (C=O) groups is 1. The number of aryl methyl sites for hydroxylation is 3. The van der Waals surface area contributed by atoms with Crippen molar-refractivity contribution >= 4 is 16.9 Å². The van der Waals surface area contributed by atoms with Crippen molar-refractivity contribution in [2.45, 2.75) is 46.6 Å². The van der Waals surface area contributed by atoms with E-state index in [1.54, 1.807) is 13.2 Å². The minimum Gasteiger partial charge on any atom is -0.497 e. The van der Waals surface area contributed by atoms with Crippen LogP contribution in [-0.4, -0.2) is 13.0 Å². The number of nitrogens with one attached hydrogen (secondary N) is 1. The number of fused-ring (bicyclic) bond motifs is 1. The lowest BCUT2D eigenvalue weighted by Gasteiger charge is -2.17. The number of amides is 1. The van der Waals surface area contributed by atoms with E-state index in [4.69, 9.17) is 9.15 Å². The van der Waals surface area contributed by atoms with Gasteiger partial charge >= 0.3 is 5.63 Å². The molecule has 29 heavy (non-hydrogen) atoms. The van der Waals surface area contributed by atoms with E-state index in [9.17, 15) is 9.59 Å². The number of hydrogen-bond acceptors (Lipinski definition) is 4. The number of methoxy groups -OCH3 is 1. The van der Waals surface area contributed by atoms with Crippen LogP contribution in [-0.2, 0) is 11.2 Å². The third-order valence-corrected chi connectivity index (χ3v) is 5.38. The van der Waals surface area contributed by atoms with E-state index in [-0.39, 0.29) is 18.4 Å². The highest BCUT2D eigenvalue weighted by Crippen LogP contribution is 2.24. The third-order valence-electron chi connectivity index (χ3n) is 5.38. The van der Waals surface area contributed by atoms with Crippen LogP contribution in [0.2, 0.25) is 0 Å². The van der Waals surface area contributed by atoms with Gasteiger partial charge in [-0.3, -0.25) is 4.79 Å². The van der Waals surface area contributed by atoms with Crippen molar-refractivity contribution < 1.29 is 13.9 Å². The summed E-state index contributed by atoms with van der Waals surface area (Å²) in [5, 5.41) is 3.89. The molecule has 5 heteroatoms. The zero-order chi connectivity index (χ0) is 21.1. The highest BCUT2D eigenvalue weighted by Gasteiger charge is 2.16. The van der Waals surface area contributed by atoms with Gasteiger partial charge in [0.05, 0.1) is 13.2 Å². The van der Waals surface area contributed by atoms with Crippen molar-refractivity contribution in [3.63, 3.8) is 0 Å². The molecular weight excluding hydrogens is 366 g/mol. The monoisotopic (exact) mass is 393 g/mol. The summed E-state index contributed by atoms with van der Waals surface area (Å²) in [6.07, 6.45) is 0.559. The van der Waals surface area contributed by atoms with Crippen molar-refractivity contribution in [1.82, 2.24) is 5.32 Å². The zero-order valence-corrected chi connectivity index (χ0v) is 17.6. The molecule has 0 fully saturated rings. The van der Waals surface area contributed by atoms with Gasteiger partial charge in [0, 0.05) is 23.4 Å². The summed E-state index contributed by atoms with van der Waals surface area (Å²) in [6.45, 7) is 7.94. The first-order valence-corrected chi connectivity index (χ1v) is 9.77. The molecule has 0 aliphatic carbocycles. The fourth-order valence-electron chi connectivity index (χ4n) is 3.65. The lowest BCUT2D eigenvalue weighted by molar-refractivity contribution is -0.121. The standard InChI is InChI=1S/C24H27NO4/c1-14-6-7-15(2)21(12-14)17(4)25-23(26)11-10-20-16(3)19-9-8-18(28-5)13-22(19)29-24(20)27/h6-9,12-13,17H,10-11H2,1-5H3,(H,25,26)/t17-/m1/s1. The summed E-state index contributed by atoms with van der Waals surface area (Å²) >= 11 is 0. The first kappa shape index (κ1) is 20.6. The Morgan fingerprint density at radius 3 is 2.62 bits per heavy atom. The summed E-state index contributed by atoms with van der Waals surface area (Å²) in [4.78, 5) is 25.0. The summed E-state index contributed by atoms with van der Waals surface area (Å²) in [5.74, 6) is 0.541. The van der Waals surface area contributed by atoms with Gasteiger partial charge in [0.2, 0.25) is 5.91 Å². The van der Waals surface area contributed by atoms with Crippen LogP contribution in [0.15, 0.2) is 45.6 Å². The Balaban J connectivity index is 1.74. The predicted molar refractivity (Wildman–Crippen MR) is 115 cm³/mol.